The zero-order valence-corrected chi connectivity index (χ0v) is 14.6. The number of carbonyl (C=O) groups excluding carboxylic acids is 1. The van der Waals surface area contributed by atoms with Crippen molar-refractivity contribution in [3.05, 3.63) is 36.3 Å². The van der Waals surface area contributed by atoms with Crippen LogP contribution in [-0.4, -0.2) is 42.0 Å². The van der Waals surface area contributed by atoms with Gasteiger partial charge in [0, 0.05) is 54.9 Å². The second-order valence-electron chi connectivity index (χ2n) is 7.37. The fourth-order valence-corrected chi connectivity index (χ4v) is 3.22. The molecular formula is C19H24FN3O. The highest BCUT2D eigenvalue weighted by Crippen LogP contribution is 2.27. The van der Waals surface area contributed by atoms with Crippen LogP contribution in [0.4, 0.5) is 10.1 Å². The summed E-state index contributed by atoms with van der Waals surface area (Å²) in [5.74, 6) is -0.0732. The van der Waals surface area contributed by atoms with Crippen LogP contribution >= 0.6 is 0 Å². The molecule has 24 heavy (non-hydrogen) atoms. The maximum Gasteiger partial charge on any atom is 0.228 e. The van der Waals surface area contributed by atoms with Crippen LogP contribution in [0, 0.1) is 11.2 Å². The van der Waals surface area contributed by atoms with Gasteiger partial charge in [-0.3, -0.25) is 9.78 Å². The van der Waals surface area contributed by atoms with E-state index in [1.54, 1.807) is 12.3 Å². The van der Waals surface area contributed by atoms with Crippen LogP contribution in [-0.2, 0) is 4.79 Å². The van der Waals surface area contributed by atoms with Gasteiger partial charge >= 0.3 is 0 Å². The highest BCUT2D eigenvalue weighted by atomic mass is 19.1. The summed E-state index contributed by atoms with van der Waals surface area (Å²) in [5.41, 5.74) is 1.38. The Morgan fingerprint density at radius 3 is 2.67 bits per heavy atom. The Morgan fingerprint density at radius 1 is 1.12 bits per heavy atom. The van der Waals surface area contributed by atoms with Gasteiger partial charge in [0.15, 0.2) is 0 Å². The minimum absolute atomic E-state index is 0.200. The fourth-order valence-electron chi connectivity index (χ4n) is 3.22. The summed E-state index contributed by atoms with van der Waals surface area (Å²) >= 11 is 0. The molecule has 1 saturated heterocycles. The molecule has 0 atom stereocenters. The molecule has 0 radical (unpaired) electrons. The van der Waals surface area contributed by atoms with E-state index in [-0.39, 0.29) is 17.1 Å². The van der Waals surface area contributed by atoms with E-state index in [0.717, 1.165) is 37.1 Å². The lowest BCUT2D eigenvalue weighted by Gasteiger charge is -2.29. The topological polar surface area (TPSA) is 36.4 Å². The van der Waals surface area contributed by atoms with Gasteiger partial charge in [0.05, 0.1) is 5.52 Å². The highest BCUT2D eigenvalue weighted by molar-refractivity contribution is 5.91. The lowest BCUT2D eigenvalue weighted by atomic mass is 9.94. The van der Waals surface area contributed by atoms with Gasteiger partial charge in [0.1, 0.15) is 5.82 Å². The maximum absolute atomic E-state index is 13.4. The third kappa shape index (κ3) is 3.35. The van der Waals surface area contributed by atoms with E-state index in [1.807, 2.05) is 31.7 Å². The minimum atomic E-state index is -0.351. The predicted molar refractivity (Wildman–Crippen MR) is 94.6 cm³/mol. The molecule has 0 spiro atoms. The number of amides is 1. The number of benzene rings is 1. The van der Waals surface area contributed by atoms with Crippen LogP contribution in [0.25, 0.3) is 10.9 Å². The lowest BCUT2D eigenvalue weighted by Crippen LogP contribution is -2.41. The Kier molecular flexibility index (Phi) is 4.43. The van der Waals surface area contributed by atoms with Crippen LogP contribution in [0.3, 0.4) is 0 Å². The molecule has 1 fully saturated rings. The van der Waals surface area contributed by atoms with Crippen molar-refractivity contribution in [2.75, 3.05) is 31.1 Å². The largest absolute Gasteiger partial charge is 0.369 e. The normalized spacial score (nSPS) is 16.3. The number of aromatic nitrogens is 1. The van der Waals surface area contributed by atoms with Crippen LogP contribution < -0.4 is 4.90 Å². The van der Waals surface area contributed by atoms with Gasteiger partial charge in [0.2, 0.25) is 5.91 Å². The number of rotatable bonds is 1. The molecule has 0 N–H and O–H groups in total. The number of nitrogens with zero attached hydrogens (tertiary/aromatic N) is 3. The van der Waals surface area contributed by atoms with Crippen LogP contribution in [0.1, 0.15) is 27.2 Å². The molecule has 1 amide bonds. The standard InChI is InChI=1S/C19H24FN3O/c1-19(2,3)18(24)23-10-4-9-22(11-12-23)17-7-8-21-16-13-14(20)5-6-15(16)17/h5-8,13H,4,9-12H2,1-3H3. The highest BCUT2D eigenvalue weighted by Gasteiger charge is 2.28. The molecule has 128 valence electrons. The molecule has 0 unspecified atom stereocenters. The first-order chi connectivity index (χ1) is 11.4. The number of pyridine rings is 1. The van der Waals surface area contributed by atoms with Crippen molar-refractivity contribution in [3.63, 3.8) is 0 Å². The summed E-state index contributed by atoms with van der Waals surface area (Å²) in [6, 6.07) is 6.70. The van der Waals surface area contributed by atoms with E-state index in [0.29, 0.717) is 12.1 Å². The van der Waals surface area contributed by atoms with E-state index < -0.39 is 0 Å². The number of halogens is 1. The van der Waals surface area contributed by atoms with Crippen molar-refractivity contribution in [2.45, 2.75) is 27.2 Å². The summed E-state index contributed by atoms with van der Waals surface area (Å²) in [5, 5.41) is 0.953. The number of carbonyl (C=O) groups is 1. The first kappa shape index (κ1) is 16.7. The molecule has 1 aromatic heterocycles. The van der Waals surface area contributed by atoms with Crippen molar-refractivity contribution in [2.24, 2.45) is 5.41 Å². The third-order valence-electron chi connectivity index (χ3n) is 4.45. The van der Waals surface area contributed by atoms with Crippen LogP contribution in [0.15, 0.2) is 30.5 Å². The average molecular weight is 329 g/mol. The molecule has 0 aliphatic carbocycles. The molecule has 1 aromatic carbocycles. The predicted octanol–water partition coefficient (Wildman–Crippen LogP) is 3.46. The van der Waals surface area contributed by atoms with E-state index >= 15 is 0 Å². The maximum atomic E-state index is 13.4. The number of hydrogen-bond donors (Lipinski definition) is 0. The number of fused-ring (bicyclic) bond motifs is 1. The zero-order chi connectivity index (χ0) is 17.3. The Hall–Kier alpha value is -2.17. The summed E-state index contributed by atoms with van der Waals surface area (Å²) < 4.78 is 13.4. The quantitative estimate of drug-likeness (QED) is 0.804. The summed E-state index contributed by atoms with van der Waals surface area (Å²) in [6.07, 6.45) is 2.65. The molecule has 0 saturated carbocycles. The number of hydrogen-bond acceptors (Lipinski definition) is 3. The van der Waals surface area contributed by atoms with Gasteiger partial charge in [-0.25, -0.2) is 4.39 Å². The van der Waals surface area contributed by atoms with E-state index in [2.05, 4.69) is 9.88 Å². The van der Waals surface area contributed by atoms with E-state index in [1.165, 1.54) is 12.1 Å². The monoisotopic (exact) mass is 329 g/mol. The van der Waals surface area contributed by atoms with Gasteiger partial charge in [-0.2, -0.15) is 0 Å². The van der Waals surface area contributed by atoms with Crippen molar-refractivity contribution in [1.82, 2.24) is 9.88 Å². The molecule has 1 aliphatic heterocycles. The molecule has 2 aromatic rings. The average Bonchev–Trinajstić information content (AvgIpc) is 2.78. The first-order valence-electron chi connectivity index (χ1n) is 8.45. The molecule has 3 rings (SSSR count). The molecule has 0 bridgehead atoms. The second kappa shape index (κ2) is 6.38. The number of anilines is 1. The van der Waals surface area contributed by atoms with E-state index in [9.17, 15) is 9.18 Å². The SMILES string of the molecule is CC(C)(C)C(=O)N1CCCN(c2ccnc3cc(F)ccc23)CC1. The van der Waals surface area contributed by atoms with Gasteiger partial charge in [-0.05, 0) is 24.6 Å². The summed E-state index contributed by atoms with van der Waals surface area (Å²) in [6.45, 7) is 9.03. The molecule has 2 heterocycles. The van der Waals surface area contributed by atoms with Gasteiger partial charge in [-0.15, -0.1) is 0 Å². The molecule has 1 aliphatic rings. The van der Waals surface area contributed by atoms with Crippen molar-refractivity contribution >= 4 is 22.5 Å². The Morgan fingerprint density at radius 2 is 1.92 bits per heavy atom. The minimum Gasteiger partial charge on any atom is -0.369 e. The van der Waals surface area contributed by atoms with Gasteiger partial charge in [-0.1, -0.05) is 20.8 Å². The van der Waals surface area contributed by atoms with Crippen molar-refractivity contribution in [1.29, 1.82) is 0 Å². The van der Waals surface area contributed by atoms with Gasteiger partial charge in [0.25, 0.3) is 0 Å². The smallest absolute Gasteiger partial charge is 0.228 e. The molecule has 4 nitrogen and oxygen atoms in total. The second-order valence-corrected chi connectivity index (χ2v) is 7.37. The van der Waals surface area contributed by atoms with Gasteiger partial charge < -0.3 is 9.80 Å². The van der Waals surface area contributed by atoms with Crippen LogP contribution in [0.5, 0.6) is 0 Å². The Balaban J connectivity index is 1.83. The van der Waals surface area contributed by atoms with Crippen molar-refractivity contribution in [3.8, 4) is 0 Å². The first-order valence-corrected chi connectivity index (χ1v) is 8.45. The fraction of sp³-hybridized carbons (Fsp3) is 0.474. The summed E-state index contributed by atoms with van der Waals surface area (Å²) in [7, 11) is 0. The third-order valence-corrected chi connectivity index (χ3v) is 4.45. The Labute approximate surface area is 142 Å². The Bertz CT molecular complexity index is 754. The molecule has 5 heteroatoms. The van der Waals surface area contributed by atoms with E-state index in [4.69, 9.17) is 0 Å². The zero-order valence-electron chi connectivity index (χ0n) is 14.6. The lowest BCUT2D eigenvalue weighted by molar-refractivity contribution is -0.139. The van der Waals surface area contributed by atoms with Crippen LogP contribution in [0.2, 0.25) is 0 Å². The summed E-state index contributed by atoms with van der Waals surface area (Å²) in [4.78, 5) is 21.0. The molecular weight excluding hydrogens is 305 g/mol. The van der Waals surface area contributed by atoms with Crippen molar-refractivity contribution < 1.29 is 9.18 Å².